The third-order valence-corrected chi connectivity index (χ3v) is 9.03. The van der Waals surface area contributed by atoms with E-state index < -0.39 is 8.07 Å². The first kappa shape index (κ1) is 14.9. The van der Waals surface area contributed by atoms with Gasteiger partial charge in [-0.3, -0.25) is 0 Å². The van der Waals surface area contributed by atoms with Gasteiger partial charge in [0, 0.05) is 9.77 Å². The second-order valence-electron chi connectivity index (χ2n) is 6.60. The van der Waals surface area contributed by atoms with Crippen LogP contribution in [0.15, 0.2) is 46.9 Å². The number of benzene rings is 1. The van der Waals surface area contributed by atoms with Gasteiger partial charge in [0.2, 0.25) is 0 Å². The second kappa shape index (κ2) is 6.80. The lowest BCUT2D eigenvalue weighted by Crippen LogP contribution is -2.34. The number of hydrogen-bond donors (Lipinski definition) is 0. The van der Waals surface area contributed by atoms with Crippen molar-refractivity contribution in [2.45, 2.75) is 61.5 Å². The molecule has 0 heterocycles. The average Bonchev–Trinajstić information content (AvgIpc) is 2.39. The lowest BCUT2D eigenvalue weighted by Gasteiger charge is -2.28. The summed E-state index contributed by atoms with van der Waals surface area (Å²) < 4.78 is 0. The van der Waals surface area contributed by atoms with Gasteiger partial charge in [-0.15, -0.1) is 11.8 Å². The molecular weight excluding hydrogens is 264 g/mol. The first-order chi connectivity index (χ1) is 9.05. The molecule has 0 spiro atoms. The highest BCUT2D eigenvalue weighted by molar-refractivity contribution is 8.01. The largest absolute Gasteiger partial charge is 0.122 e. The highest BCUT2D eigenvalue weighted by Gasteiger charge is 2.26. The first-order valence-electron chi connectivity index (χ1n) is 7.47. The molecule has 1 aliphatic rings. The summed E-state index contributed by atoms with van der Waals surface area (Å²) in [6.07, 6.45) is 9.55. The van der Waals surface area contributed by atoms with Gasteiger partial charge in [0.25, 0.3) is 0 Å². The average molecular weight is 291 g/mol. The van der Waals surface area contributed by atoms with E-state index in [2.05, 4.69) is 67.8 Å². The van der Waals surface area contributed by atoms with Gasteiger partial charge in [-0.1, -0.05) is 55.9 Å². The van der Waals surface area contributed by atoms with E-state index in [0.717, 1.165) is 0 Å². The van der Waals surface area contributed by atoms with E-state index in [9.17, 15) is 0 Å². The van der Waals surface area contributed by atoms with E-state index in [1.54, 1.807) is 5.57 Å². The predicted octanol–water partition coefficient (Wildman–Crippen LogP) is 5.92. The van der Waals surface area contributed by atoms with Gasteiger partial charge in [-0.25, -0.2) is 0 Å². The number of thioether (sulfide) groups is 1. The van der Waals surface area contributed by atoms with Gasteiger partial charge >= 0.3 is 0 Å². The van der Waals surface area contributed by atoms with E-state index in [1.807, 2.05) is 0 Å². The van der Waals surface area contributed by atoms with E-state index in [4.69, 9.17) is 0 Å². The quantitative estimate of drug-likeness (QED) is 0.377. The molecule has 1 fully saturated rings. The molecule has 2 rings (SSSR count). The van der Waals surface area contributed by atoms with Crippen LogP contribution in [-0.4, -0.2) is 12.9 Å². The Balaban J connectivity index is 2.12. The minimum absolute atomic E-state index is 0.711. The summed E-state index contributed by atoms with van der Waals surface area (Å²) in [5.74, 6) is 0. The molecule has 104 valence electrons. The molecule has 0 amide bonds. The van der Waals surface area contributed by atoms with Crippen LogP contribution in [0.1, 0.15) is 32.1 Å². The van der Waals surface area contributed by atoms with Crippen molar-refractivity contribution in [1.82, 2.24) is 0 Å². The van der Waals surface area contributed by atoms with Crippen LogP contribution in [0.5, 0.6) is 0 Å². The van der Waals surface area contributed by atoms with Gasteiger partial charge in [-0.2, -0.15) is 0 Å². The van der Waals surface area contributed by atoms with E-state index >= 15 is 0 Å². The van der Waals surface area contributed by atoms with Crippen LogP contribution >= 0.6 is 11.8 Å². The SMILES string of the molecule is C[Si](C)(C)C(C=C1CCCCC1)Sc1ccccc1. The van der Waals surface area contributed by atoms with Crippen LogP contribution < -0.4 is 0 Å². The second-order valence-corrected chi connectivity index (χ2v) is 13.6. The van der Waals surface area contributed by atoms with E-state index in [-0.39, 0.29) is 0 Å². The highest BCUT2D eigenvalue weighted by atomic mass is 32.2. The Kier molecular flexibility index (Phi) is 5.34. The molecule has 2 heteroatoms. The summed E-state index contributed by atoms with van der Waals surface area (Å²) in [5, 5.41) is 0. The Hall–Kier alpha value is -0.473. The van der Waals surface area contributed by atoms with E-state index in [0.29, 0.717) is 4.87 Å². The predicted molar refractivity (Wildman–Crippen MR) is 90.6 cm³/mol. The van der Waals surface area contributed by atoms with Crippen molar-refractivity contribution in [3.63, 3.8) is 0 Å². The number of allylic oxidation sites excluding steroid dienone is 1. The van der Waals surface area contributed by atoms with Crippen molar-refractivity contribution in [2.24, 2.45) is 0 Å². The monoisotopic (exact) mass is 290 g/mol. The van der Waals surface area contributed by atoms with Crippen LogP contribution in [-0.2, 0) is 0 Å². The van der Waals surface area contributed by atoms with Crippen molar-refractivity contribution in [1.29, 1.82) is 0 Å². The molecule has 1 aromatic rings. The maximum absolute atomic E-state index is 2.63. The van der Waals surface area contributed by atoms with Crippen molar-refractivity contribution >= 4 is 19.8 Å². The fourth-order valence-electron chi connectivity index (χ4n) is 2.49. The maximum atomic E-state index is 2.63. The Labute approximate surface area is 123 Å². The molecule has 1 aromatic carbocycles. The fraction of sp³-hybridized carbons (Fsp3) is 0.529. The Morgan fingerprint density at radius 2 is 1.63 bits per heavy atom. The van der Waals surface area contributed by atoms with Gasteiger partial charge in [0.15, 0.2) is 0 Å². The Bertz CT molecular complexity index is 409. The van der Waals surface area contributed by atoms with Crippen LogP contribution in [0.4, 0.5) is 0 Å². The van der Waals surface area contributed by atoms with Gasteiger partial charge in [0.05, 0.1) is 8.07 Å². The summed E-state index contributed by atoms with van der Waals surface area (Å²) in [4.78, 5) is 2.13. The third kappa shape index (κ3) is 4.85. The zero-order chi connectivity index (χ0) is 13.7. The van der Waals surface area contributed by atoms with Gasteiger partial charge in [0.1, 0.15) is 0 Å². The van der Waals surface area contributed by atoms with Crippen molar-refractivity contribution in [3.05, 3.63) is 42.0 Å². The first-order valence-corrected chi connectivity index (χ1v) is 11.9. The zero-order valence-electron chi connectivity index (χ0n) is 12.5. The molecule has 0 aromatic heterocycles. The molecule has 1 aliphatic carbocycles. The van der Waals surface area contributed by atoms with Gasteiger partial charge in [-0.05, 0) is 37.8 Å². The minimum Gasteiger partial charge on any atom is -0.122 e. The third-order valence-electron chi connectivity index (χ3n) is 3.74. The highest BCUT2D eigenvalue weighted by Crippen LogP contribution is 2.33. The minimum atomic E-state index is -1.17. The molecule has 19 heavy (non-hydrogen) atoms. The molecule has 0 N–H and O–H groups in total. The summed E-state index contributed by atoms with van der Waals surface area (Å²) in [5.41, 5.74) is 1.72. The van der Waals surface area contributed by atoms with Crippen molar-refractivity contribution in [3.8, 4) is 0 Å². The Morgan fingerprint density at radius 3 is 2.21 bits per heavy atom. The number of rotatable bonds is 4. The summed E-state index contributed by atoms with van der Waals surface area (Å²) >= 11 is 2.07. The molecular formula is C17H26SSi. The van der Waals surface area contributed by atoms with Crippen molar-refractivity contribution in [2.75, 3.05) is 0 Å². The van der Waals surface area contributed by atoms with Crippen LogP contribution in [0.2, 0.25) is 19.6 Å². The van der Waals surface area contributed by atoms with Crippen LogP contribution in [0, 0.1) is 0 Å². The van der Waals surface area contributed by atoms with Crippen molar-refractivity contribution < 1.29 is 0 Å². The molecule has 0 bridgehead atoms. The molecule has 1 saturated carbocycles. The molecule has 1 unspecified atom stereocenters. The smallest absolute Gasteiger partial charge is 0.0639 e. The topological polar surface area (TPSA) is 0 Å². The molecule has 0 saturated heterocycles. The molecule has 1 atom stereocenters. The normalized spacial score (nSPS) is 18.2. The summed E-state index contributed by atoms with van der Waals surface area (Å²) in [6, 6.07) is 10.9. The zero-order valence-corrected chi connectivity index (χ0v) is 14.3. The molecule has 0 nitrogen and oxygen atoms in total. The number of hydrogen-bond acceptors (Lipinski definition) is 1. The fourth-order valence-corrected chi connectivity index (χ4v) is 5.92. The molecule has 0 aliphatic heterocycles. The summed E-state index contributed by atoms with van der Waals surface area (Å²) in [6.45, 7) is 7.48. The lowest BCUT2D eigenvalue weighted by atomic mass is 9.95. The van der Waals surface area contributed by atoms with Crippen LogP contribution in [0.3, 0.4) is 0 Å². The van der Waals surface area contributed by atoms with Crippen LogP contribution in [0.25, 0.3) is 0 Å². The lowest BCUT2D eigenvalue weighted by molar-refractivity contribution is 0.598. The Morgan fingerprint density at radius 1 is 1.00 bits per heavy atom. The summed E-state index contributed by atoms with van der Waals surface area (Å²) in [7, 11) is -1.17. The van der Waals surface area contributed by atoms with E-state index in [1.165, 1.54) is 37.0 Å². The van der Waals surface area contributed by atoms with Gasteiger partial charge < -0.3 is 0 Å². The standard InChI is InChI=1S/C17H26SSi/c1-19(2,3)17(14-15-10-6-4-7-11-15)18-16-12-8-5-9-13-16/h5,8-9,12-14,17H,4,6-7,10-11H2,1-3H3. The maximum Gasteiger partial charge on any atom is 0.0639 e. The molecule has 0 radical (unpaired) electrons.